The molecule has 1 aliphatic rings. The highest BCUT2D eigenvalue weighted by molar-refractivity contribution is 5.92. The number of ether oxygens (including phenoxy) is 2. The number of pyridine rings is 1. The molecule has 0 saturated carbocycles. The third-order valence-corrected chi connectivity index (χ3v) is 7.15. The van der Waals surface area contributed by atoms with Crippen LogP contribution in [0.15, 0.2) is 79.1 Å². The number of anilines is 1. The SMILES string of the molecule is COc1cc(OC(=O)c2ccncc2)ccc1-c1ccc2c(c1C(N)c1cc(F)ccc1C)C(C)=CC(C)(C)N2. The van der Waals surface area contributed by atoms with E-state index in [1.54, 1.807) is 37.4 Å². The molecule has 204 valence electrons. The van der Waals surface area contributed by atoms with Gasteiger partial charge in [-0.15, -0.1) is 0 Å². The fourth-order valence-corrected chi connectivity index (χ4v) is 5.42. The van der Waals surface area contributed by atoms with Gasteiger partial charge in [0.25, 0.3) is 0 Å². The molecule has 4 aromatic rings. The standard InChI is InChI=1S/C33H32FN3O3/c1-19-6-7-22(34)16-26(19)31(35)30-25(10-11-27-29(30)20(2)18-33(3,4)37-27)24-9-8-23(17-28(24)39-5)40-32(38)21-12-14-36-15-13-21/h6-18,31,37H,35H2,1-5H3. The van der Waals surface area contributed by atoms with E-state index in [-0.39, 0.29) is 11.4 Å². The van der Waals surface area contributed by atoms with Crippen LogP contribution >= 0.6 is 0 Å². The van der Waals surface area contributed by atoms with Gasteiger partial charge in [-0.25, -0.2) is 9.18 Å². The Bertz CT molecular complexity index is 1630. The first kappa shape index (κ1) is 27.1. The van der Waals surface area contributed by atoms with Gasteiger partial charge in [0.1, 0.15) is 17.3 Å². The van der Waals surface area contributed by atoms with E-state index in [4.69, 9.17) is 15.2 Å². The molecule has 0 saturated heterocycles. The Hall–Kier alpha value is -4.49. The summed E-state index contributed by atoms with van der Waals surface area (Å²) in [5.41, 5.74) is 14.2. The van der Waals surface area contributed by atoms with E-state index >= 15 is 0 Å². The maximum absolute atomic E-state index is 14.4. The van der Waals surface area contributed by atoms with Crippen LogP contribution in [0.4, 0.5) is 10.1 Å². The quantitative estimate of drug-likeness (QED) is 0.202. The molecule has 1 aromatic heterocycles. The molecule has 40 heavy (non-hydrogen) atoms. The van der Waals surface area contributed by atoms with Crippen LogP contribution < -0.4 is 20.5 Å². The van der Waals surface area contributed by atoms with Gasteiger partial charge >= 0.3 is 5.97 Å². The van der Waals surface area contributed by atoms with Crippen molar-refractivity contribution in [2.45, 2.75) is 39.3 Å². The second kappa shape index (κ2) is 10.6. The van der Waals surface area contributed by atoms with E-state index in [0.717, 1.165) is 39.1 Å². The first-order chi connectivity index (χ1) is 19.1. The summed E-state index contributed by atoms with van der Waals surface area (Å²) in [6.07, 6.45) is 5.24. The molecule has 6 nitrogen and oxygen atoms in total. The molecule has 2 heterocycles. The molecule has 1 atom stereocenters. The van der Waals surface area contributed by atoms with Gasteiger partial charge in [0.15, 0.2) is 0 Å². The number of aromatic nitrogens is 1. The molecule has 0 bridgehead atoms. The molecule has 0 radical (unpaired) electrons. The molecule has 3 N–H and O–H groups in total. The third kappa shape index (κ3) is 5.20. The number of carbonyl (C=O) groups excluding carboxylic acids is 1. The lowest BCUT2D eigenvalue weighted by Crippen LogP contribution is -2.32. The van der Waals surface area contributed by atoms with Gasteiger partial charge in [-0.2, -0.15) is 0 Å². The number of halogens is 1. The number of fused-ring (bicyclic) bond motifs is 1. The number of hydrogen-bond donors (Lipinski definition) is 2. The number of rotatable bonds is 6. The van der Waals surface area contributed by atoms with Crippen molar-refractivity contribution in [2.75, 3.05) is 12.4 Å². The molecule has 7 heteroatoms. The van der Waals surface area contributed by atoms with Gasteiger partial charge < -0.3 is 20.5 Å². The first-order valence-electron chi connectivity index (χ1n) is 13.0. The highest BCUT2D eigenvalue weighted by Crippen LogP contribution is 2.46. The van der Waals surface area contributed by atoms with Crippen LogP contribution in [0.2, 0.25) is 0 Å². The highest BCUT2D eigenvalue weighted by Gasteiger charge is 2.30. The molecule has 0 spiro atoms. The van der Waals surface area contributed by atoms with Crippen LogP contribution in [0.3, 0.4) is 0 Å². The summed E-state index contributed by atoms with van der Waals surface area (Å²) < 4.78 is 25.8. The van der Waals surface area contributed by atoms with E-state index in [1.807, 2.05) is 25.1 Å². The minimum absolute atomic E-state index is 0.243. The smallest absolute Gasteiger partial charge is 0.343 e. The Kier molecular flexibility index (Phi) is 7.17. The minimum Gasteiger partial charge on any atom is -0.496 e. The number of methoxy groups -OCH3 is 1. The van der Waals surface area contributed by atoms with Crippen molar-refractivity contribution < 1.29 is 18.7 Å². The highest BCUT2D eigenvalue weighted by atomic mass is 19.1. The number of benzene rings is 3. The summed E-state index contributed by atoms with van der Waals surface area (Å²) >= 11 is 0. The predicted octanol–water partition coefficient (Wildman–Crippen LogP) is 7.08. The Labute approximate surface area is 233 Å². The number of hydrogen-bond acceptors (Lipinski definition) is 6. The van der Waals surface area contributed by atoms with Gasteiger partial charge in [-0.1, -0.05) is 18.2 Å². The molecule has 0 amide bonds. The van der Waals surface area contributed by atoms with Crippen molar-refractivity contribution in [2.24, 2.45) is 5.73 Å². The van der Waals surface area contributed by atoms with Crippen LogP contribution in [0.5, 0.6) is 11.5 Å². The van der Waals surface area contributed by atoms with Gasteiger partial charge in [-0.3, -0.25) is 4.98 Å². The number of allylic oxidation sites excluding steroid dienone is 1. The van der Waals surface area contributed by atoms with Crippen LogP contribution in [0.25, 0.3) is 16.7 Å². The molecule has 1 unspecified atom stereocenters. The van der Waals surface area contributed by atoms with Crippen molar-refractivity contribution in [3.8, 4) is 22.6 Å². The number of aryl methyl sites for hydroxylation is 1. The average molecular weight is 538 g/mol. The van der Waals surface area contributed by atoms with Crippen LogP contribution in [-0.2, 0) is 0 Å². The number of nitrogens with one attached hydrogen (secondary N) is 1. The molecule has 1 aliphatic heterocycles. The lowest BCUT2D eigenvalue weighted by Gasteiger charge is -2.35. The molecule has 5 rings (SSSR count). The predicted molar refractivity (Wildman–Crippen MR) is 156 cm³/mol. The molecule has 0 fully saturated rings. The number of nitrogens with two attached hydrogens (primary N) is 1. The molecule has 0 aliphatic carbocycles. The Morgan fingerprint density at radius 1 is 1.00 bits per heavy atom. The second-order valence-electron chi connectivity index (χ2n) is 10.6. The molecule has 3 aromatic carbocycles. The van der Waals surface area contributed by atoms with Crippen LogP contribution in [-0.4, -0.2) is 23.6 Å². The average Bonchev–Trinajstić information content (AvgIpc) is 2.93. The van der Waals surface area contributed by atoms with Gasteiger partial charge in [0.2, 0.25) is 0 Å². The maximum atomic E-state index is 14.4. The summed E-state index contributed by atoms with van der Waals surface area (Å²) in [5, 5.41) is 3.59. The third-order valence-electron chi connectivity index (χ3n) is 7.15. The van der Waals surface area contributed by atoms with E-state index in [1.165, 1.54) is 24.5 Å². The van der Waals surface area contributed by atoms with Crippen LogP contribution in [0.1, 0.15) is 59.4 Å². The van der Waals surface area contributed by atoms with E-state index in [0.29, 0.717) is 22.6 Å². The van der Waals surface area contributed by atoms with Gasteiger partial charge in [0, 0.05) is 35.3 Å². The first-order valence-corrected chi connectivity index (χ1v) is 13.0. The fraction of sp³-hybridized carbons (Fsp3) is 0.212. The van der Waals surface area contributed by atoms with Crippen molar-refractivity contribution in [3.63, 3.8) is 0 Å². The zero-order valence-corrected chi connectivity index (χ0v) is 23.2. The van der Waals surface area contributed by atoms with Gasteiger partial charge in [0.05, 0.1) is 24.3 Å². The van der Waals surface area contributed by atoms with Crippen molar-refractivity contribution >= 4 is 17.2 Å². The van der Waals surface area contributed by atoms with Crippen molar-refractivity contribution in [3.05, 3.63) is 113 Å². The summed E-state index contributed by atoms with van der Waals surface area (Å²) in [6.45, 7) is 8.22. The summed E-state index contributed by atoms with van der Waals surface area (Å²) in [6, 6.07) is 16.5. The summed E-state index contributed by atoms with van der Waals surface area (Å²) in [5.74, 6) is 0.0124. The Morgan fingerprint density at radius 2 is 1.73 bits per heavy atom. The van der Waals surface area contributed by atoms with Gasteiger partial charge in [-0.05, 0) is 98.0 Å². The van der Waals surface area contributed by atoms with Crippen molar-refractivity contribution in [1.82, 2.24) is 4.98 Å². The molecular formula is C33H32FN3O3. The van der Waals surface area contributed by atoms with E-state index in [9.17, 15) is 9.18 Å². The van der Waals surface area contributed by atoms with Crippen LogP contribution in [0, 0.1) is 12.7 Å². The number of nitrogens with zero attached hydrogens (tertiary/aromatic N) is 1. The maximum Gasteiger partial charge on any atom is 0.343 e. The van der Waals surface area contributed by atoms with Crippen molar-refractivity contribution in [1.29, 1.82) is 0 Å². The largest absolute Gasteiger partial charge is 0.496 e. The Balaban J connectivity index is 1.66. The van der Waals surface area contributed by atoms with E-state index < -0.39 is 12.0 Å². The lowest BCUT2D eigenvalue weighted by molar-refractivity contribution is 0.0734. The zero-order valence-electron chi connectivity index (χ0n) is 23.2. The number of carbonyl (C=O) groups is 1. The topological polar surface area (TPSA) is 86.5 Å². The Morgan fingerprint density at radius 3 is 2.45 bits per heavy atom. The second-order valence-corrected chi connectivity index (χ2v) is 10.6. The minimum atomic E-state index is -0.624. The monoisotopic (exact) mass is 537 g/mol. The van der Waals surface area contributed by atoms with E-state index in [2.05, 4.69) is 37.1 Å². The lowest BCUT2D eigenvalue weighted by atomic mass is 9.80. The fourth-order valence-electron chi connectivity index (χ4n) is 5.42. The summed E-state index contributed by atoms with van der Waals surface area (Å²) in [7, 11) is 1.57. The molecular weight excluding hydrogens is 505 g/mol. The number of esters is 1. The normalized spacial score (nSPS) is 14.4. The zero-order chi connectivity index (χ0) is 28.6. The summed E-state index contributed by atoms with van der Waals surface area (Å²) in [4.78, 5) is 16.6.